The van der Waals surface area contributed by atoms with Crippen molar-refractivity contribution in [1.82, 2.24) is 15.3 Å². The average Bonchev–Trinajstić information content (AvgIpc) is 2.12. The van der Waals surface area contributed by atoms with Gasteiger partial charge in [0.1, 0.15) is 5.15 Å². The molecule has 5 heteroatoms. The maximum absolute atomic E-state index is 11.5. The molecule has 0 saturated carbocycles. The van der Waals surface area contributed by atoms with E-state index in [1.807, 2.05) is 20.8 Å². The van der Waals surface area contributed by atoms with Gasteiger partial charge in [0.2, 0.25) is 5.91 Å². The summed E-state index contributed by atoms with van der Waals surface area (Å²) in [5.74, 6) is -0.0238. The van der Waals surface area contributed by atoms with Crippen molar-refractivity contribution in [3.63, 3.8) is 0 Å². The summed E-state index contributed by atoms with van der Waals surface area (Å²) in [5.41, 5.74) is 0.256. The van der Waals surface area contributed by atoms with Crippen LogP contribution in [0.2, 0.25) is 5.15 Å². The molecule has 0 aliphatic heterocycles. The minimum atomic E-state index is -0.397. The number of nitrogens with one attached hydrogen (secondary N) is 1. The summed E-state index contributed by atoms with van der Waals surface area (Å²) in [4.78, 5) is 19.4. The number of amides is 1. The fraction of sp³-hybridized carbons (Fsp3) is 0.500. The molecule has 0 saturated heterocycles. The summed E-state index contributed by atoms with van der Waals surface area (Å²) in [6.45, 7) is 5.91. The summed E-state index contributed by atoms with van der Waals surface area (Å²) in [5, 5.41) is 3.10. The number of aromatic nitrogens is 2. The summed E-state index contributed by atoms with van der Waals surface area (Å²) < 4.78 is 0. The quantitative estimate of drug-likeness (QED) is 0.838. The Labute approximate surface area is 94.1 Å². The van der Waals surface area contributed by atoms with Gasteiger partial charge in [0.05, 0.1) is 24.6 Å². The van der Waals surface area contributed by atoms with E-state index < -0.39 is 5.41 Å². The van der Waals surface area contributed by atoms with Crippen molar-refractivity contribution >= 4 is 17.5 Å². The predicted octanol–water partition coefficient (Wildman–Crippen LogP) is 1.79. The predicted molar refractivity (Wildman–Crippen MR) is 58.3 cm³/mol. The topological polar surface area (TPSA) is 54.9 Å². The molecule has 0 aliphatic rings. The number of halogens is 1. The minimum Gasteiger partial charge on any atom is -0.350 e. The van der Waals surface area contributed by atoms with Gasteiger partial charge < -0.3 is 5.32 Å². The first-order chi connectivity index (χ1) is 6.89. The van der Waals surface area contributed by atoms with Crippen LogP contribution in [0.3, 0.4) is 0 Å². The van der Waals surface area contributed by atoms with E-state index in [-0.39, 0.29) is 5.91 Å². The van der Waals surface area contributed by atoms with Crippen LogP contribution < -0.4 is 5.32 Å². The molecule has 82 valence electrons. The van der Waals surface area contributed by atoms with Gasteiger partial charge in [0.25, 0.3) is 0 Å². The van der Waals surface area contributed by atoms with Crippen molar-refractivity contribution in [2.45, 2.75) is 27.3 Å². The van der Waals surface area contributed by atoms with Gasteiger partial charge in [-0.05, 0) is 0 Å². The van der Waals surface area contributed by atoms with E-state index in [4.69, 9.17) is 11.6 Å². The van der Waals surface area contributed by atoms with Crippen molar-refractivity contribution in [1.29, 1.82) is 0 Å². The molecule has 0 atom stereocenters. The number of carbonyl (C=O) groups excluding carboxylic acids is 1. The summed E-state index contributed by atoms with van der Waals surface area (Å²) >= 11 is 5.66. The molecule has 1 aromatic heterocycles. The third kappa shape index (κ3) is 3.83. The molecule has 0 unspecified atom stereocenters. The molecule has 0 bridgehead atoms. The number of hydrogen-bond acceptors (Lipinski definition) is 3. The van der Waals surface area contributed by atoms with Crippen LogP contribution in [0.15, 0.2) is 12.4 Å². The van der Waals surface area contributed by atoms with Crippen LogP contribution in [0.4, 0.5) is 0 Å². The highest BCUT2D eigenvalue weighted by Gasteiger charge is 2.20. The lowest BCUT2D eigenvalue weighted by Crippen LogP contribution is -2.34. The Morgan fingerprint density at radius 1 is 1.47 bits per heavy atom. The molecule has 0 spiro atoms. The fourth-order valence-electron chi connectivity index (χ4n) is 0.901. The molecule has 1 N–H and O–H groups in total. The molecule has 0 radical (unpaired) electrons. The lowest BCUT2D eigenvalue weighted by Gasteiger charge is -2.17. The van der Waals surface area contributed by atoms with Crippen molar-refractivity contribution in [3.8, 4) is 0 Å². The van der Waals surface area contributed by atoms with Gasteiger partial charge in [0.15, 0.2) is 0 Å². The Balaban J connectivity index is 2.55. The summed E-state index contributed by atoms with van der Waals surface area (Å²) in [6, 6.07) is 0. The Morgan fingerprint density at radius 3 is 2.67 bits per heavy atom. The van der Waals surface area contributed by atoms with E-state index in [9.17, 15) is 4.79 Å². The van der Waals surface area contributed by atoms with E-state index in [0.29, 0.717) is 17.4 Å². The molecular formula is C10H14ClN3O. The highest BCUT2D eigenvalue weighted by atomic mass is 35.5. The van der Waals surface area contributed by atoms with E-state index in [1.54, 1.807) is 6.20 Å². The maximum Gasteiger partial charge on any atom is 0.225 e. The zero-order chi connectivity index (χ0) is 11.5. The zero-order valence-corrected chi connectivity index (χ0v) is 9.80. The van der Waals surface area contributed by atoms with Crippen LogP contribution in [-0.2, 0) is 11.3 Å². The lowest BCUT2D eigenvalue weighted by atomic mass is 9.96. The first kappa shape index (κ1) is 11.9. The first-order valence-corrected chi connectivity index (χ1v) is 5.02. The zero-order valence-electron chi connectivity index (χ0n) is 9.04. The Hall–Kier alpha value is -1.16. The van der Waals surface area contributed by atoms with Gasteiger partial charge in [0, 0.05) is 5.41 Å². The van der Waals surface area contributed by atoms with Crippen molar-refractivity contribution in [2.24, 2.45) is 5.41 Å². The maximum atomic E-state index is 11.5. The lowest BCUT2D eigenvalue weighted by molar-refractivity contribution is -0.128. The molecule has 0 aromatic carbocycles. The van der Waals surface area contributed by atoms with E-state index >= 15 is 0 Å². The number of carbonyl (C=O) groups is 1. The van der Waals surface area contributed by atoms with Crippen LogP contribution >= 0.6 is 11.6 Å². The second-order valence-electron chi connectivity index (χ2n) is 4.27. The molecule has 1 amide bonds. The van der Waals surface area contributed by atoms with Crippen LogP contribution in [0.25, 0.3) is 0 Å². The fourth-order valence-corrected chi connectivity index (χ4v) is 1.07. The van der Waals surface area contributed by atoms with Gasteiger partial charge in [-0.3, -0.25) is 9.78 Å². The molecule has 1 aromatic rings. The molecular weight excluding hydrogens is 214 g/mol. The Bertz CT molecular complexity index is 360. The van der Waals surface area contributed by atoms with Gasteiger partial charge in [-0.2, -0.15) is 0 Å². The van der Waals surface area contributed by atoms with Gasteiger partial charge in [-0.25, -0.2) is 4.98 Å². The molecule has 15 heavy (non-hydrogen) atoms. The van der Waals surface area contributed by atoms with E-state index in [2.05, 4.69) is 15.3 Å². The molecule has 1 heterocycles. The van der Waals surface area contributed by atoms with Gasteiger partial charge in [-0.1, -0.05) is 32.4 Å². The second-order valence-corrected chi connectivity index (χ2v) is 4.65. The van der Waals surface area contributed by atoms with Crippen molar-refractivity contribution in [3.05, 3.63) is 23.2 Å². The van der Waals surface area contributed by atoms with E-state index in [1.165, 1.54) is 6.20 Å². The first-order valence-electron chi connectivity index (χ1n) is 4.64. The normalized spacial score (nSPS) is 11.2. The standard InChI is InChI=1S/C10H14ClN3O/c1-10(2,3)9(15)13-5-7-4-12-6-8(11)14-7/h4,6H,5H2,1-3H3,(H,13,15). The smallest absolute Gasteiger partial charge is 0.225 e. The third-order valence-electron chi connectivity index (χ3n) is 1.77. The van der Waals surface area contributed by atoms with Gasteiger partial charge >= 0.3 is 0 Å². The minimum absolute atomic E-state index is 0.0238. The summed E-state index contributed by atoms with van der Waals surface area (Å²) in [7, 11) is 0. The highest BCUT2D eigenvalue weighted by molar-refractivity contribution is 6.29. The van der Waals surface area contributed by atoms with Crippen LogP contribution in [-0.4, -0.2) is 15.9 Å². The second kappa shape index (κ2) is 4.57. The largest absolute Gasteiger partial charge is 0.350 e. The van der Waals surface area contributed by atoms with Gasteiger partial charge in [-0.15, -0.1) is 0 Å². The average molecular weight is 228 g/mol. The molecule has 0 fully saturated rings. The van der Waals surface area contributed by atoms with E-state index in [0.717, 1.165) is 0 Å². The van der Waals surface area contributed by atoms with Crippen molar-refractivity contribution in [2.75, 3.05) is 0 Å². The van der Waals surface area contributed by atoms with Crippen LogP contribution in [0.1, 0.15) is 26.5 Å². The molecule has 4 nitrogen and oxygen atoms in total. The van der Waals surface area contributed by atoms with Crippen LogP contribution in [0.5, 0.6) is 0 Å². The Kier molecular flexibility index (Phi) is 3.63. The highest BCUT2D eigenvalue weighted by Crippen LogP contribution is 2.12. The Morgan fingerprint density at radius 2 is 2.13 bits per heavy atom. The SMILES string of the molecule is CC(C)(C)C(=O)NCc1cncc(Cl)n1. The number of nitrogens with zero attached hydrogens (tertiary/aromatic N) is 2. The summed E-state index contributed by atoms with van der Waals surface area (Å²) in [6.07, 6.45) is 3.03. The number of hydrogen-bond donors (Lipinski definition) is 1. The number of rotatable bonds is 2. The van der Waals surface area contributed by atoms with Crippen molar-refractivity contribution < 1.29 is 4.79 Å². The monoisotopic (exact) mass is 227 g/mol. The third-order valence-corrected chi connectivity index (χ3v) is 1.95. The molecule has 1 rings (SSSR count). The molecule has 0 aliphatic carbocycles. The van der Waals surface area contributed by atoms with Crippen LogP contribution in [0, 0.1) is 5.41 Å².